The molecule has 0 aromatic heterocycles. The number of carbonyl (C=O) groups excluding carboxylic acids is 3. The van der Waals surface area contributed by atoms with Crippen LogP contribution in [-0.2, 0) is 14.4 Å². The first-order valence-electron chi connectivity index (χ1n) is 17.7. The summed E-state index contributed by atoms with van der Waals surface area (Å²) in [4.78, 5) is 38.2. The smallest absolute Gasteiger partial charge is 0.220 e. The maximum Gasteiger partial charge on any atom is 0.220 e. The third-order valence-electron chi connectivity index (χ3n) is 7.95. The van der Waals surface area contributed by atoms with Gasteiger partial charge in [-0.05, 0) is 46.3 Å². The summed E-state index contributed by atoms with van der Waals surface area (Å²) in [7, 11) is 4.17. The van der Waals surface area contributed by atoms with Gasteiger partial charge in [-0.1, -0.05) is 122 Å². The van der Waals surface area contributed by atoms with Gasteiger partial charge in [0.25, 0.3) is 0 Å². The average molecular weight is 580 g/mol. The normalized spacial score (nSPS) is 11.2. The van der Waals surface area contributed by atoms with Crippen LogP contribution >= 0.6 is 0 Å². The summed E-state index contributed by atoms with van der Waals surface area (Å²) in [6.45, 7) is 4.63. The van der Waals surface area contributed by atoms with E-state index >= 15 is 0 Å². The molecule has 0 spiro atoms. The zero-order valence-electron chi connectivity index (χ0n) is 27.7. The lowest BCUT2D eigenvalue weighted by Gasteiger charge is -2.09. The molecular weight excluding hydrogens is 510 g/mol. The van der Waals surface area contributed by atoms with Gasteiger partial charge in [-0.25, -0.2) is 0 Å². The molecule has 0 aliphatic rings. The summed E-state index contributed by atoms with van der Waals surface area (Å²) in [5.74, 6) is 0.166. The van der Waals surface area contributed by atoms with Gasteiger partial charge < -0.3 is 15.5 Å². The Morgan fingerprint density at radius 3 is 1.37 bits per heavy atom. The largest absolute Gasteiger partial charge is 0.356 e. The van der Waals surface area contributed by atoms with Gasteiger partial charge >= 0.3 is 0 Å². The van der Waals surface area contributed by atoms with E-state index < -0.39 is 0 Å². The Morgan fingerprint density at radius 2 is 0.854 bits per heavy atom. The van der Waals surface area contributed by atoms with E-state index in [2.05, 4.69) is 36.6 Å². The molecule has 0 bridgehead atoms. The standard InChI is InChI=1S/C35H69N3O3/c1-4-5-6-7-8-9-10-11-12-13-14-15-16-17-18-19-22-27-34(40)37-31-25-26-33(39)28-29-35(41)36-30-23-20-21-24-32-38(2)3/h4-32H2,1-3H3,(H,36,41)(H,37,40). The van der Waals surface area contributed by atoms with Crippen molar-refractivity contribution in [2.45, 2.75) is 174 Å². The van der Waals surface area contributed by atoms with Gasteiger partial charge in [0.15, 0.2) is 0 Å². The summed E-state index contributed by atoms with van der Waals surface area (Å²) in [6.07, 6.45) is 29.5. The number of nitrogens with one attached hydrogen (secondary N) is 2. The van der Waals surface area contributed by atoms with Gasteiger partial charge in [0, 0.05) is 38.8 Å². The van der Waals surface area contributed by atoms with Crippen molar-refractivity contribution in [2.75, 3.05) is 33.7 Å². The molecular formula is C35H69N3O3. The minimum absolute atomic E-state index is 0.0333. The molecule has 242 valence electrons. The fourth-order valence-electron chi connectivity index (χ4n) is 5.21. The van der Waals surface area contributed by atoms with Crippen LogP contribution in [0, 0.1) is 0 Å². The summed E-state index contributed by atoms with van der Waals surface area (Å²) in [5.41, 5.74) is 0. The molecule has 0 atom stereocenters. The molecule has 0 saturated heterocycles. The van der Waals surface area contributed by atoms with Crippen LogP contribution in [0.3, 0.4) is 0 Å². The molecule has 0 unspecified atom stereocenters. The summed E-state index contributed by atoms with van der Waals surface area (Å²) in [5, 5.41) is 5.86. The Balaban J connectivity index is 3.36. The van der Waals surface area contributed by atoms with Crippen LogP contribution in [0.1, 0.15) is 174 Å². The van der Waals surface area contributed by atoms with Crippen LogP contribution in [0.5, 0.6) is 0 Å². The lowest BCUT2D eigenvalue weighted by molar-refractivity contribution is -0.125. The Labute approximate surface area is 254 Å². The lowest BCUT2D eigenvalue weighted by Crippen LogP contribution is -2.25. The Kier molecular flexibility index (Phi) is 30.4. The maximum absolute atomic E-state index is 12.0. The van der Waals surface area contributed by atoms with Crippen molar-refractivity contribution in [1.82, 2.24) is 15.5 Å². The van der Waals surface area contributed by atoms with Gasteiger partial charge in [0.1, 0.15) is 5.78 Å². The number of rotatable bonds is 32. The fraction of sp³-hybridized carbons (Fsp3) is 0.914. The molecule has 0 aromatic rings. The third-order valence-corrected chi connectivity index (χ3v) is 7.95. The minimum atomic E-state index is -0.0333. The van der Waals surface area contributed by atoms with E-state index in [1.807, 2.05) is 0 Å². The van der Waals surface area contributed by atoms with Crippen molar-refractivity contribution in [1.29, 1.82) is 0 Å². The minimum Gasteiger partial charge on any atom is -0.356 e. The molecule has 0 fully saturated rings. The number of carbonyl (C=O) groups is 3. The molecule has 0 aliphatic heterocycles. The summed E-state index contributed by atoms with van der Waals surface area (Å²) >= 11 is 0. The Morgan fingerprint density at radius 1 is 0.439 bits per heavy atom. The second-order valence-corrected chi connectivity index (χ2v) is 12.5. The summed E-state index contributed by atoms with van der Waals surface area (Å²) in [6, 6.07) is 0. The number of nitrogens with zero attached hydrogens (tertiary/aromatic N) is 1. The second-order valence-electron chi connectivity index (χ2n) is 12.5. The monoisotopic (exact) mass is 580 g/mol. The molecule has 0 aliphatic carbocycles. The SMILES string of the molecule is CCCCCCCCCCCCCCCCCCCC(=O)NCCCC(=O)CCC(=O)NCCCCCCN(C)C. The van der Waals surface area contributed by atoms with E-state index in [0.29, 0.717) is 38.8 Å². The third kappa shape index (κ3) is 32.9. The van der Waals surface area contributed by atoms with E-state index in [-0.39, 0.29) is 24.0 Å². The van der Waals surface area contributed by atoms with Gasteiger partial charge in [0.2, 0.25) is 11.8 Å². The molecule has 0 aromatic carbocycles. The predicted octanol–water partition coefficient (Wildman–Crippen LogP) is 8.51. The van der Waals surface area contributed by atoms with Crippen molar-refractivity contribution < 1.29 is 14.4 Å². The highest BCUT2D eigenvalue weighted by molar-refractivity contribution is 5.84. The van der Waals surface area contributed by atoms with Crippen LogP contribution in [0.4, 0.5) is 0 Å². The van der Waals surface area contributed by atoms with Crippen molar-refractivity contribution in [2.24, 2.45) is 0 Å². The van der Waals surface area contributed by atoms with Crippen molar-refractivity contribution >= 4 is 17.6 Å². The molecule has 0 rings (SSSR count). The molecule has 2 N–H and O–H groups in total. The number of unbranched alkanes of at least 4 members (excludes halogenated alkanes) is 19. The van der Waals surface area contributed by atoms with Gasteiger partial charge in [-0.2, -0.15) is 0 Å². The van der Waals surface area contributed by atoms with Crippen molar-refractivity contribution in [3.05, 3.63) is 0 Å². The zero-order chi connectivity index (χ0) is 30.2. The summed E-state index contributed by atoms with van der Waals surface area (Å²) < 4.78 is 0. The van der Waals surface area contributed by atoms with Gasteiger partial charge in [-0.15, -0.1) is 0 Å². The first-order chi connectivity index (χ1) is 20.0. The molecule has 0 heterocycles. The van der Waals surface area contributed by atoms with Crippen LogP contribution in [0.25, 0.3) is 0 Å². The number of Topliss-reactive ketones (excluding diaryl/α,β-unsaturated/α-hetero) is 1. The Bertz CT molecular complexity index is 609. The lowest BCUT2D eigenvalue weighted by atomic mass is 10.0. The van der Waals surface area contributed by atoms with Crippen LogP contribution in [0.15, 0.2) is 0 Å². The van der Waals surface area contributed by atoms with E-state index in [4.69, 9.17) is 0 Å². The molecule has 2 amide bonds. The van der Waals surface area contributed by atoms with E-state index in [0.717, 1.165) is 32.2 Å². The highest BCUT2D eigenvalue weighted by atomic mass is 16.2. The van der Waals surface area contributed by atoms with E-state index in [9.17, 15) is 14.4 Å². The second kappa shape index (κ2) is 31.5. The highest BCUT2D eigenvalue weighted by Gasteiger charge is 2.07. The van der Waals surface area contributed by atoms with Gasteiger partial charge in [0.05, 0.1) is 0 Å². The number of ketones is 1. The number of amides is 2. The van der Waals surface area contributed by atoms with Crippen molar-refractivity contribution in [3.63, 3.8) is 0 Å². The van der Waals surface area contributed by atoms with Gasteiger partial charge in [-0.3, -0.25) is 14.4 Å². The van der Waals surface area contributed by atoms with E-state index in [1.54, 1.807) is 0 Å². The molecule has 0 saturated carbocycles. The zero-order valence-corrected chi connectivity index (χ0v) is 27.7. The average Bonchev–Trinajstić information content (AvgIpc) is 2.95. The quantitative estimate of drug-likeness (QED) is 0.0783. The van der Waals surface area contributed by atoms with Crippen molar-refractivity contribution in [3.8, 4) is 0 Å². The van der Waals surface area contributed by atoms with Crippen LogP contribution < -0.4 is 10.6 Å². The first-order valence-corrected chi connectivity index (χ1v) is 17.7. The van der Waals surface area contributed by atoms with E-state index in [1.165, 1.54) is 109 Å². The van der Waals surface area contributed by atoms with Crippen LogP contribution in [-0.4, -0.2) is 56.2 Å². The molecule has 6 nitrogen and oxygen atoms in total. The first kappa shape index (κ1) is 39.6. The fourth-order valence-corrected chi connectivity index (χ4v) is 5.21. The highest BCUT2D eigenvalue weighted by Crippen LogP contribution is 2.14. The molecule has 6 heteroatoms. The topological polar surface area (TPSA) is 78.5 Å². The van der Waals surface area contributed by atoms with Crippen LogP contribution in [0.2, 0.25) is 0 Å². The number of hydrogen-bond acceptors (Lipinski definition) is 4. The molecule has 41 heavy (non-hydrogen) atoms. The molecule has 0 radical (unpaired) electrons. The Hall–Kier alpha value is -1.43. The maximum atomic E-state index is 12.0. The number of hydrogen-bond donors (Lipinski definition) is 2. The predicted molar refractivity (Wildman–Crippen MR) is 175 cm³/mol.